The number of rotatable bonds is 5. The minimum absolute atomic E-state index is 0.169. The van der Waals surface area contributed by atoms with Crippen molar-refractivity contribution in [3.63, 3.8) is 0 Å². The number of amides is 1. The van der Waals surface area contributed by atoms with Crippen LogP contribution in [0.1, 0.15) is 0 Å². The fourth-order valence-electron chi connectivity index (χ4n) is 2.10. The van der Waals surface area contributed by atoms with Gasteiger partial charge < -0.3 is 9.88 Å². The highest BCUT2D eigenvalue weighted by Gasteiger charge is 2.14. The van der Waals surface area contributed by atoms with E-state index in [1.54, 1.807) is 30.6 Å². The van der Waals surface area contributed by atoms with Gasteiger partial charge in [0.2, 0.25) is 5.91 Å². The van der Waals surface area contributed by atoms with E-state index in [0.29, 0.717) is 26.7 Å². The molecule has 0 aliphatic rings. The van der Waals surface area contributed by atoms with E-state index in [4.69, 9.17) is 23.2 Å². The molecule has 1 amide bonds. The van der Waals surface area contributed by atoms with Gasteiger partial charge in [0.25, 0.3) is 0 Å². The van der Waals surface area contributed by atoms with Gasteiger partial charge in [-0.1, -0.05) is 41.0 Å². The zero-order chi connectivity index (χ0) is 17.8. The Labute approximate surface area is 158 Å². The zero-order valence-electron chi connectivity index (χ0n) is 13.1. The molecule has 0 saturated carbocycles. The third-order valence-corrected chi connectivity index (χ3v) is 5.15. The predicted octanol–water partition coefficient (Wildman–Crippen LogP) is 3.91. The Morgan fingerprint density at radius 3 is 2.84 bits per heavy atom. The number of pyridine rings is 1. The maximum absolute atomic E-state index is 12.1. The summed E-state index contributed by atoms with van der Waals surface area (Å²) >= 11 is 13.3. The standard InChI is InChI=1S/C16H13Cl2N5OS/c1-23-15(10-4-3-7-19-8-10)21-22-16(23)25-9-13(24)20-12-6-2-5-11(17)14(12)18/h2-8H,9H2,1H3,(H,20,24). The molecule has 0 bridgehead atoms. The number of nitrogens with zero attached hydrogens (tertiary/aromatic N) is 4. The molecule has 25 heavy (non-hydrogen) atoms. The summed E-state index contributed by atoms with van der Waals surface area (Å²) in [6.45, 7) is 0. The summed E-state index contributed by atoms with van der Waals surface area (Å²) in [5.74, 6) is 0.649. The van der Waals surface area contributed by atoms with Crippen molar-refractivity contribution < 1.29 is 4.79 Å². The predicted molar refractivity (Wildman–Crippen MR) is 100 cm³/mol. The Balaban J connectivity index is 1.65. The smallest absolute Gasteiger partial charge is 0.234 e. The molecule has 0 saturated heterocycles. The maximum Gasteiger partial charge on any atom is 0.234 e. The number of hydrogen-bond donors (Lipinski definition) is 1. The Bertz CT molecular complexity index is 901. The summed E-state index contributed by atoms with van der Waals surface area (Å²) < 4.78 is 1.82. The summed E-state index contributed by atoms with van der Waals surface area (Å²) in [6.07, 6.45) is 3.41. The highest BCUT2D eigenvalue weighted by molar-refractivity contribution is 7.99. The Hall–Kier alpha value is -2.09. The fourth-order valence-corrected chi connectivity index (χ4v) is 3.16. The lowest BCUT2D eigenvalue weighted by molar-refractivity contribution is -0.113. The van der Waals surface area contributed by atoms with Crippen LogP contribution in [0.15, 0.2) is 47.9 Å². The van der Waals surface area contributed by atoms with Crippen molar-refractivity contribution in [2.75, 3.05) is 11.1 Å². The van der Waals surface area contributed by atoms with E-state index in [0.717, 1.165) is 5.56 Å². The first-order valence-corrected chi connectivity index (χ1v) is 8.97. The van der Waals surface area contributed by atoms with Gasteiger partial charge in [0.15, 0.2) is 11.0 Å². The van der Waals surface area contributed by atoms with Gasteiger partial charge in [-0.05, 0) is 24.3 Å². The maximum atomic E-state index is 12.1. The van der Waals surface area contributed by atoms with Gasteiger partial charge in [-0.3, -0.25) is 9.78 Å². The van der Waals surface area contributed by atoms with Crippen molar-refractivity contribution in [2.45, 2.75) is 5.16 Å². The molecule has 0 fully saturated rings. The van der Waals surface area contributed by atoms with E-state index in [9.17, 15) is 4.79 Å². The SMILES string of the molecule is Cn1c(SCC(=O)Nc2cccc(Cl)c2Cl)nnc1-c1cccnc1. The van der Waals surface area contributed by atoms with E-state index in [2.05, 4.69) is 20.5 Å². The van der Waals surface area contributed by atoms with Crippen molar-refractivity contribution in [3.05, 3.63) is 52.8 Å². The molecule has 0 atom stereocenters. The van der Waals surface area contributed by atoms with E-state index in [1.807, 2.05) is 23.7 Å². The molecule has 0 spiro atoms. The molecular weight excluding hydrogens is 381 g/mol. The fraction of sp³-hybridized carbons (Fsp3) is 0.125. The number of anilines is 1. The number of thioether (sulfide) groups is 1. The number of aromatic nitrogens is 4. The second-order valence-corrected chi connectivity index (χ2v) is 6.77. The van der Waals surface area contributed by atoms with Crippen LogP contribution in [0.2, 0.25) is 10.0 Å². The van der Waals surface area contributed by atoms with Crippen LogP contribution in [0.25, 0.3) is 11.4 Å². The summed E-state index contributed by atoms with van der Waals surface area (Å²) in [5.41, 5.74) is 1.34. The molecule has 0 unspecified atom stereocenters. The van der Waals surface area contributed by atoms with Crippen molar-refractivity contribution in [1.29, 1.82) is 0 Å². The molecule has 0 radical (unpaired) electrons. The van der Waals surface area contributed by atoms with E-state index >= 15 is 0 Å². The van der Waals surface area contributed by atoms with Gasteiger partial charge >= 0.3 is 0 Å². The van der Waals surface area contributed by atoms with Crippen LogP contribution >= 0.6 is 35.0 Å². The molecule has 0 aliphatic heterocycles. The monoisotopic (exact) mass is 393 g/mol. The van der Waals surface area contributed by atoms with Crippen molar-refractivity contribution in [3.8, 4) is 11.4 Å². The van der Waals surface area contributed by atoms with E-state index < -0.39 is 0 Å². The van der Waals surface area contributed by atoms with Gasteiger partial charge in [0.05, 0.1) is 21.5 Å². The van der Waals surface area contributed by atoms with Crippen LogP contribution in [-0.4, -0.2) is 31.4 Å². The molecule has 2 heterocycles. The second-order valence-electron chi connectivity index (χ2n) is 5.05. The van der Waals surface area contributed by atoms with Gasteiger partial charge in [0.1, 0.15) is 0 Å². The summed E-state index contributed by atoms with van der Waals surface area (Å²) in [7, 11) is 1.84. The first-order valence-electron chi connectivity index (χ1n) is 7.22. The first kappa shape index (κ1) is 17.7. The topological polar surface area (TPSA) is 72.7 Å². The number of carbonyl (C=O) groups is 1. The second kappa shape index (κ2) is 7.86. The third kappa shape index (κ3) is 4.12. The lowest BCUT2D eigenvalue weighted by atomic mass is 10.3. The quantitative estimate of drug-likeness (QED) is 0.665. The minimum Gasteiger partial charge on any atom is -0.324 e. The van der Waals surface area contributed by atoms with E-state index in [1.165, 1.54) is 11.8 Å². The molecule has 3 aromatic rings. The molecule has 2 aromatic heterocycles. The average molecular weight is 394 g/mol. The number of halogens is 2. The lowest BCUT2D eigenvalue weighted by Crippen LogP contribution is -2.14. The van der Waals surface area contributed by atoms with Crippen LogP contribution in [0.3, 0.4) is 0 Å². The summed E-state index contributed by atoms with van der Waals surface area (Å²) in [6, 6.07) is 8.81. The number of benzene rings is 1. The van der Waals surface area contributed by atoms with Crippen LogP contribution in [0.4, 0.5) is 5.69 Å². The number of carbonyl (C=O) groups excluding carboxylic acids is 1. The number of hydrogen-bond acceptors (Lipinski definition) is 5. The minimum atomic E-state index is -0.208. The molecule has 1 aromatic carbocycles. The summed E-state index contributed by atoms with van der Waals surface area (Å²) in [4.78, 5) is 16.2. The molecule has 0 aliphatic carbocycles. The molecule has 6 nitrogen and oxygen atoms in total. The highest BCUT2D eigenvalue weighted by Crippen LogP contribution is 2.30. The third-order valence-electron chi connectivity index (χ3n) is 3.31. The van der Waals surface area contributed by atoms with Gasteiger partial charge in [-0.25, -0.2) is 0 Å². The van der Waals surface area contributed by atoms with Crippen LogP contribution < -0.4 is 5.32 Å². The molecule has 128 valence electrons. The lowest BCUT2D eigenvalue weighted by Gasteiger charge is -2.08. The average Bonchev–Trinajstić information content (AvgIpc) is 2.99. The molecule has 9 heteroatoms. The van der Waals surface area contributed by atoms with Crippen molar-refractivity contribution in [2.24, 2.45) is 7.05 Å². The van der Waals surface area contributed by atoms with Gasteiger partial charge in [-0.15, -0.1) is 10.2 Å². The Morgan fingerprint density at radius 2 is 2.08 bits per heavy atom. The van der Waals surface area contributed by atoms with Gasteiger partial charge in [-0.2, -0.15) is 0 Å². The number of nitrogens with one attached hydrogen (secondary N) is 1. The van der Waals surface area contributed by atoms with Crippen molar-refractivity contribution in [1.82, 2.24) is 19.7 Å². The van der Waals surface area contributed by atoms with Crippen molar-refractivity contribution >= 4 is 46.6 Å². The van der Waals surface area contributed by atoms with Crippen LogP contribution in [-0.2, 0) is 11.8 Å². The first-order chi connectivity index (χ1) is 12.1. The summed E-state index contributed by atoms with van der Waals surface area (Å²) in [5, 5.41) is 12.4. The Kier molecular flexibility index (Phi) is 5.57. The largest absolute Gasteiger partial charge is 0.324 e. The van der Waals surface area contributed by atoms with Gasteiger partial charge in [0, 0.05) is 25.0 Å². The zero-order valence-corrected chi connectivity index (χ0v) is 15.4. The van der Waals surface area contributed by atoms with E-state index in [-0.39, 0.29) is 11.7 Å². The molecule has 3 rings (SSSR count). The normalized spacial score (nSPS) is 10.7. The van der Waals surface area contributed by atoms with Crippen LogP contribution in [0, 0.1) is 0 Å². The highest BCUT2D eigenvalue weighted by atomic mass is 35.5. The Morgan fingerprint density at radius 1 is 1.24 bits per heavy atom. The van der Waals surface area contributed by atoms with Crippen LogP contribution in [0.5, 0.6) is 0 Å². The molecule has 1 N–H and O–H groups in total. The molecular formula is C16H13Cl2N5OS.